The predicted octanol–water partition coefficient (Wildman–Crippen LogP) is 15.7. The van der Waals surface area contributed by atoms with Gasteiger partial charge < -0.3 is 9.32 Å². The van der Waals surface area contributed by atoms with Crippen molar-refractivity contribution in [1.29, 1.82) is 0 Å². The molecule has 0 saturated heterocycles. The summed E-state index contributed by atoms with van der Waals surface area (Å²) in [5.41, 5.74) is 7.01. The van der Waals surface area contributed by atoms with E-state index in [1.807, 2.05) is 146 Å². The third-order valence-electron chi connectivity index (χ3n) is 11.4. The van der Waals surface area contributed by atoms with E-state index in [4.69, 9.17) is 5.79 Å². The first-order chi connectivity index (χ1) is 32.2. The third kappa shape index (κ3) is 5.97. The van der Waals surface area contributed by atoms with Crippen LogP contribution in [0.2, 0.25) is 0 Å². The molecule has 0 amide bonds. The summed E-state index contributed by atoms with van der Waals surface area (Å²) in [5.74, 6) is -0.398. The first-order valence-electron chi connectivity index (χ1n) is 23.3. The monoisotopic (exact) mass is 760 g/mol. The molecule has 1 atom stereocenters. The molecular formula is C57H39NO. The van der Waals surface area contributed by atoms with Gasteiger partial charge in [0.1, 0.15) is 11.2 Å². The second-order valence-electron chi connectivity index (χ2n) is 14.8. The van der Waals surface area contributed by atoms with E-state index in [0.29, 0.717) is 28.0 Å². The molecule has 10 aromatic rings. The van der Waals surface area contributed by atoms with Crippen LogP contribution < -0.4 is 4.90 Å². The summed E-state index contributed by atoms with van der Waals surface area (Å²) in [7, 11) is 0. The fraction of sp³-hybridized carbons (Fsp3) is 0.0175. The SMILES string of the molecule is [2H]C=C([2H])/C(=C(/[2H])C1=Cc2ccccc2C1c1ccccc1)N(c1ccc(-c2cc3ccccc3c3ccccc23)cc1)c1c([2H])c([2H])c(-c2cccc3c2oc2ccccc23)c([2H])c1[2H]. The van der Waals surface area contributed by atoms with Crippen molar-refractivity contribution >= 4 is 60.9 Å². The Labute approximate surface area is 353 Å². The first kappa shape index (κ1) is 27.8. The Hall–Kier alpha value is -7.68. The number of fused-ring (bicyclic) bond motifs is 7. The number of allylic oxidation sites excluding steroid dienone is 3. The number of furan rings is 1. The number of hydrogen-bond donors (Lipinski definition) is 0. The van der Waals surface area contributed by atoms with Gasteiger partial charge in [0.25, 0.3) is 0 Å². The molecular weight excluding hydrogens is 715 g/mol. The summed E-state index contributed by atoms with van der Waals surface area (Å²) in [6.45, 7) is 0.861. The summed E-state index contributed by atoms with van der Waals surface area (Å²) in [4.78, 5) is 1.47. The summed E-state index contributed by atoms with van der Waals surface area (Å²) >= 11 is 0. The molecule has 0 bridgehead atoms. The van der Waals surface area contributed by atoms with Gasteiger partial charge in [-0.1, -0.05) is 176 Å². The zero-order chi connectivity index (χ0) is 45.2. The van der Waals surface area contributed by atoms with Crippen molar-refractivity contribution in [3.05, 3.63) is 247 Å². The van der Waals surface area contributed by atoms with Crippen LogP contribution >= 0.6 is 0 Å². The van der Waals surface area contributed by atoms with Crippen LogP contribution in [0, 0.1) is 0 Å². The van der Waals surface area contributed by atoms with Crippen LogP contribution in [0.25, 0.3) is 71.8 Å². The van der Waals surface area contributed by atoms with Gasteiger partial charge in [-0.2, -0.15) is 0 Å². The maximum absolute atomic E-state index is 10.2. The van der Waals surface area contributed by atoms with Gasteiger partial charge >= 0.3 is 0 Å². The van der Waals surface area contributed by atoms with Crippen LogP contribution in [0.15, 0.2) is 234 Å². The van der Waals surface area contributed by atoms with Crippen LogP contribution in [0.5, 0.6) is 0 Å². The highest BCUT2D eigenvalue weighted by Gasteiger charge is 2.27. The number of hydrogen-bond acceptors (Lipinski definition) is 2. The average molecular weight is 761 g/mol. The van der Waals surface area contributed by atoms with Crippen LogP contribution in [0.3, 0.4) is 0 Å². The highest BCUT2D eigenvalue weighted by atomic mass is 16.3. The van der Waals surface area contributed by atoms with E-state index in [9.17, 15) is 8.22 Å². The van der Waals surface area contributed by atoms with E-state index in [1.54, 1.807) is 6.07 Å². The maximum atomic E-state index is 10.2. The standard InChI is InChI=1S/C57H39NO/c1-2-44(36-43-35-41-17-7-9-20-48(41)56(43)40-15-4-3-5-16-40)58(45-31-27-38(28-32-45)49-24-14-25-53-52-23-12-13-26-55(52)59-57(49)53)46-33-29-39(30-34-46)54-37-42-18-6-8-19-47(42)50-21-10-11-22-51(50)54/h2-37,56H,1H2/b44-36+/i1D,2D,27D,28D,31D,32D,36D/b2-1?,44-36+. The van der Waals surface area contributed by atoms with Crippen molar-refractivity contribution < 1.29 is 14.0 Å². The second kappa shape index (κ2) is 14.4. The van der Waals surface area contributed by atoms with Crippen LogP contribution in [-0.4, -0.2) is 0 Å². The third-order valence-corrected chi connectivity index (χ3v) is 11.4. The largest absolute Gasteiger partial charge is 0.455 e. The van der Waals surface area contributed by atoms with E-state index >= 15 is 0 Å². The van der Waals surface area contributed by atoms with Crippen LogP contribution in [-0.2, 0) is 0 Å². The van der Waals surface area contributed by atoms with Gasteiger partial charge in [0.05, 0.1) is 9.60 Å². The topological polar surface area (TPSA) is 16.4 Å². The fourth-order valence-electron chi connectivity index (χ4n) is 8.68. The van der Waals surface area contributed by atoms with E-state index in [0.717, 1.165) is 66.7 Å². The van der Waals surface area contributed by atoms with Crippen molar-refractivity contribution in [2.24, 2.45) is 0 Å². The van der Waals surface area contributed by atoms with Crippen LogP contribution in [0.4, 0.5) is 11.4 Å². The zero-order valence-corrected chi connectivity index (χ0v) is 31.8. The summed E-state index contributed by atoms with van der Waals surface area (Å²) in [6.07, 6.45) is 1.94. The summed E-state index contributed by atoms with van der Waals surface area (Å²) in [6, 6.07) is 55.3. The van der Waals surface area contributed by atoms with Crippen molar-refractivity contribution in [1.82, 2.24) is 0 Å². The van der Waals surface area contributed by atoms with Crippen molar-refractivity contribution in [3.63, 3.8) is 0 Å². The molecule has 1 aliphatic rings. The lowest BCUT2D eigenvalue weighted by Crippen LogP contribution is -2.16. The van der Waals surface area contributed by atoms with Crippen molar-refractivity contribution in [2.45, 2.75) is 5.92 Å². The zero-order valence-electron chi connectivity index (χ0n) is 38.8. The minimum atomic E-state index is -0.398. The van der Waals surface area contributed by atoms with E-state index in [-0.39, 0.29) is 53.2 Å². The molecule has 0 saturated carbocycles. The number of rotatable bonds is 8. The first-order valence-corrected chi connectivity index (χ1v) is 19.7. The van der Waals surface area contributed by atoms with Gasteiger partial charge in [-0.25, -0.2) is 0 Å². The molecule has 0 fully saturated rings. The maximum Gasteiger partial charge on any atom is 0.143 e. The molecule has 1 unspecified atom stereocenters. The van der Waals surface area contributed by atoms with E-state index < -0.39 is 5.92 Å². The predicted molar refractivity (Wildman–Crippen MR) is 249 cm³/mol. The normalized spacial score (nSPS) is 16.1. The highest BCUT2D eigenvalue weighted by molar-refractivity contribution is 6.14. The van der Waals surface area contributed by atoms with Gasteiger partial charge in [0.2, 0.25) is 0 Å². The Balaban J connectivity index is 1.16. The molecule has 1 heterocycles. The molecule has 1 aromatic heterocycles. The Morgan fingerprint density at radius 3 is 2.12 bits per heavy atom. The Bertz CT molecular complexity index is 3650. The van der Waals surface area contributed by atoms with E-state index in [2.05, 4.69) is 30.3 Å². The molecule has 59 heavy (non-hydrogen) atoms. The number of anilines is 2. The molecule has 0 N–H and O–H groups in total. The second-order valence-corrected chi connectivity index (χ2v) is 14.8. The Kier molecular flexibility index (Phi) is 6.78. The lowest BCUT2D eigenvalue weighted by molar-refractivity contribution is 0.670. The molecule has 0 spiro atoms. The lowest BCUT2D eigenvalue weighted by Gasteiger charge is -2.28. The molecule has 2 nitrogen and oxygen atoms in total. The molecule has 2 heteroatoms. The minimum absolute atomic E-state index is 0.0636. The number of benzene rings is 9. The summed E-state index contributed by atoms with van der Waals surface area (Å²) < 4.78 is 73.3. The number of para-hydroxylation sites is 2. The average Bonchev–Trinajstić information content (AvgIpc) is 3.95. The number of nitrogens with zero attached hydrogens (tertiary/aromatic N) is 1. The highest BCUT2D eigenvalue weighted by Crippen LogP contribution is 2.44. The lowest BCUT2D eigenvalue weighted by atomic mass is 9.88. The van der Waals surface area contributed by atoms with Gasteiger partial charge in [-0.3, -0.25) is 0 Å². The van der Waals surface area contributed by atoms with Crippen molar-refractivity contribution in [3.8, 4) is 22.3 Å². The molecule has 278 valence electrons. The quantitative estimate of drug-likeness (QED) is 0.113. The molecule has 1 aliphatic carbocycles. The molecule has 0 aliphatic heterocycles. The van der Waals surface area contributed by atoms with Gasteiger partial charge in [0, 0.05) is 39.3 Å². The molecule has 0 radical (unpaired) electrons. The van der Waals surface area contributed by atoms with Gasteiger partial charge in [-0.15, -0.1) is 0 Å². The Morgan fingerprint density at radius 2 is 1.29 bits per heavy atom. The fourth-order valence-corrected chi connectivity index (χ4v) is 8.68. The smallest absolute Gasteiger partial charge is 0.143 e. The van der Waals surface area contributed by atoms with Crippen molar-refractivity contribution in [2.75, 3.05) is 4.90 Å². The molecule has 11 rings (SSSR count). The molecule has 9 aromatic carbocycles. The van der Waals surface area contributed by atoms with Gasteiger partial charge in [-0.05, 0) is 109 Å². The Morgan fingerprint density at radius 1 is 0.593 bits per heavy atom. The van der Waals surface area contributed by atoms with Gasteiger partial charge in [0.15, 0.2) is 0 Å². The minimum Gasteiger partial charge on any atom is -0.455 e. The van der Waals surface area contributed by atoms with E-state index in [1.165, 1.54) is 4.90 Å². The summed E-state index contributed by atoms with van der Waals surface area (Å²) in [5, 5.41) is 6.06. The van der Waals surface area contributed by atoms with Crippen LogP contribution in [0.1, 0.15) is 32.2 Å².